The van der Waals surface area contributed by atoms with Crippen LogP contribution in [0, 0.1) is 0 Å². The minimum absolute atomic E-state index is 0.0283. The van der Waals surface area contributed by atoms with Gasteiger partial charge in [-0.05, 0) is 54.8 Å². The summed E-state index contributed by atoms with van der Waals surface area (Å²) >= 11 is 0. The van der Waals surface area contributed by atoms with Gasteiger partial charge in [0.05, 0.1) is 16.6 Å². The van der Waals surface area contributed by atoms with E-state index in [9.17, 15) is 19.2 Å². The molecule has 5 rings (SSSR count). The molecule has 0 radical (unpaired) electrons. The Morgan fingerprint density at radius 2 is 1.64 bits per heavy atom. The monoisotopic (exact) mass is 440 g/mol. The van der Waals surface area contributed by atoms with Crippen molar-refractivity contribution in [1.82, 2.24) is 9.55 Å². The number of fused-ring (bicyclic) bond motifs is 2. The maximum absolute atomic E-state index is 13.5. The Bertz CT molecular complexity index is 1550. The van der Waals surface area contributed by atoms with Crippen LogP contribution in [0.4, 0.5) is 5.69 Å². The first-order valence-electron chi connectivity index (χ1n) is 10.5. The van der Waals surface area contributed by atoms with Gasteiger partial charge in [-0.3, -0.25) is 14.4 Å². The van der Waals surface area contributed by atoms with Gasteiger partial charge in [0.15, 0.2) is 0 Å². The maximum atomic E-state index is 13.5. The number of nitrogens with two attached hydrogens (primary N) is 1. The van der Waals surface area contributed by atoms with Crippen molar-refractivity contribution >= 4 is 28.4 Å². The first-order chi connectivity index (χ1) is 15.9. The number of carbonyl (C=O) groups is 2. The Labute approximate surface area is 187 Å². The number of aromatic nitrogens is 2. The van der Waals surface area contributed by atoms with Crippen LogP contribution in [0.5, 0.6) is 0 Å². The first kappa shape index (κ1) is 20.4. The highest BCUT2D eigenvalue weighted by Crippen LogP contribution is 2.28. The molecule has 0 saturated carbocycles. The number of rotatable bonds is 3. The lowest BCUT2D eigenvalue weighted by Gasteiger charge is -2.29. The van der Waals surface area contributed by atoms with Gasteiger partial charge in [-0.25, -0.2) is 9.36 Å². The number of benzene rings is 3. The summed E-state index contributed by atoms with van der Waals surface area (Å²) in [6.45, 7) is 0.516. The molecule has 0 aliphatic carbocycles. The van der Waals surface area contributed by atoms with Gasteiger partial charge in [0, 0.05) is 23.4 Å². The van der Waals surface area contributed by atoms with Crippen LogP contribution in [0.15, 0.2) is 76.3 Å². The Hall–Kier alpha value is -4.46. The molecule has 0 unspecified atom stereocenters. The van der Waals surface area contributed by atoms with Gasteiger partial charge in [0.2, 0.25) is 5.91 Å². The third-order valence-electron chi connectivity index (χ3n) is 5.87. The number of primary amides is 1. The number of nitrogens with zero attached hydrogens (tertiary/aromatic N) is 2. The fraction of sp³-hybridized carbons (Fsp3) is 0.120. The van der Waals surface area contributed by atoms with Crippen molar-refractivity contribution < 1.29 is 9.59 Å². The van der Waals surface area contributed by atoms with Crippen LogP contribution < -0.4 is 21.9 Å². The van der Waals surface area contributed by atoms with E-state index in [2.05, 4.69) is 4.98 Å². The summed E-state index contributed by atoms with van der Waals surface area (Å²) < 4.78 is 0.912. The number of para-hydroxylation sites is 2. The van der Waals surface area contributed by atoms with Gasteiger partial charge in [-0.2, -0.15) is 0 Å². The Morgan fingerprint density at radius 3 is 2.45 bits per heavy atom. The van der Waals surface area contributed by atoms with Crippen LogP contribution in [0.25, 0.3) is 16.6 Å². The topological polar surface area (TPSA) is 118 Å². The third-order valence-corrected chi connectivity index (χ3v) is 5.87. The summed E-state index contributed by atoms with van der Waals surface area (Å²) in [6.07, 6.45) is 1.67. The van der Waals surface area contributed by atoms with Crippen LogP contribution in [0.1, 0.15) is 32.7 Å². The minimum atomic E-state index is -0.768. The van der Waals surface area contributed by atoms with Crippen molar-refractivity contribution in [2.75, 3.05) is 11.4 Å². The fourth-order valence-electron chi connectivity index (χ4n) is 4.30. The minimum Gasteiger partial charge on any atom is -0.366 e. The lowest BCUT2D eigenvalue weighted by molar-refractivity contribution is 0.0985. The number of hydrogen-bond donors (Lipinski definition) is 2. The van der Waals surface area contributed by atoms with E-state index in [1.807, 2.05) is 24.3 Å². The molecular weight excluding hydrogens is 420 g/mol. The largest absolute Gasteiger partial charge is 0.366 e. The molecule has 1 aliphatic rings. The molecule has 0 fully saturated rings. The average molecular weight is 440 g/mol. The molecule has 1 aliphatic heterocycles. The summed E-state index contributed by atoms with van der Waals surface area (Å²) in [4.78, 5) is 55.7. The molecule has 2 heterocycles. The van der Waals surface area contributed by atoms with Crippen LogP contribution in [-0.2, 0) is 6.42 Å². The quantitative estimate of drug-likeness (QED) is 0.508. The summed E-state index contributed by atoms with van der Waals surface area (Å²) in [5.74, 6) is -1.10. The third kappa shape index (κ3) is 3.51. The highest BCUT2D eigenvalue weighted by atomic mass is 16.2. The van der Waals surface area contributed by atoms with E-state index in [-0.39, 0.29) is 22.7 Å². The number of amides is 2. The fourth-order valence-corrected chi connectivity index (χ4v) is 4.30. The van der Waals surface area contributed by atoms with Gasteiger partial charge < -0.3 is 15.6 Å². The van der Waals surface area contributed by atoms with Crippen molar-refractivity contribution in [3.63, 3.8) is 0 Å². The second-order valence-corrected chi connectivity index (χ2v) is 7.94. The van der Waals surface area contributed by atoms with Gasteiger partial charge in [0.1, 0.15) is 0 Å². The number of nitrogens with one attached hydrogen (secondary N) is 1. The van der Waals surface area contributed by atoms with E-state index in [0.717, 1.165) is 28.7 Å². The van der Waals surface area contributed by atoms with E-state index in [4.69, 9.17) is 5.73 Å². The Balaban J connectivity index is 1.69. The second-order valence-electron chi connectivity index (χ2n) is 7.94. The average Bonchev–Trinajstić information content (AvgIpc) is 2.83. The van der Waals surface area contributed by atoms with Crippen LogP contribution in [0.2, 0.25) is 0 Å². The van der Waals surface area contributed by atoms with Crippen LogP contribution in [-0.4, -0.2) is 27.9 Å². The molecule has 8 nitrogen and oxygen atoms in total. The van der Waals surface area contributed by atoms with Crippen molar-refractivity contribution in [3.05, 3.63) is 104 Å². The summed E-state index contributed by atoms with van der Waals surface area (Å²) in [6, 6.07) is 18.5. The number of hydrogen-bond acceptors (Lipinski definition) is 4. The molecule has 0 bridgehead atoms. The number of aromatic amines is 1. The molecular formula is C25H20N4O4. The van der Waals surface area contributed by atoms with Crippen LogP contribution >= 0.6 is 0 Å². The summed E-state index contributed by atoms with van der Waals surface area (Å²) in [5.41, 5.74) is 6.83. The lowest BCUT2D eigenvalue weighted by Crippen LogP contribution is -2.36. The van der Waals surface area contributed by atoms with Crippen molar-refractivity contribution in [2.24, 2.45) is 5.73 Å². The summed E-state index contributed by atoms with van der Waals surface area (Å²) in [5, 5.41) is 0.305. The normalized spacial score (nSPS) is 13.0. The lowest BCUT2D eigenvalue weighted by atomic mass is 10.00. The van der Waals surface area contributed by atoms with Gasteiger partial charge in [0.25, 0.3) is 11.5 Å². The molecule has 4 aromatic rings. The summed E-state index contributed by atoms with van der Waals surface area (Å²) in [7, 11) is 0. The Morgan fingerprint density at radius 1 is 0.909 bits per heavy atom. The van der Waals surface area contributed by atoms with Crippen LogP contribution in [0.3, 0.4) is 0 Å². The maximum Gasteiger partial charge on any atom is 0.333 e. The molecule has 0 spiro atoms. The SMILES string of the molecule is NC(=O)c1cc(C(=O)N2CCCc3ccccc32)cc(-n2c(=O)[nH]c3ccccc3c2=O)c1. The zero-order valence-corrected chi connectivity index (χ0v) is 17.6. The predicted octanol–water partition coefficient (Wildman–Crippen LogP) is 2.37. The zero-order valence-electron chi connectivity index (χ0n) is 17.6. The van der Waals surface area contributed by atoms with E-state index in [0.29, 0.717) is 17.4 Å². The van der Waals surface area contributed by atoms with Gasteiger partial charge in [-0.15, -0.1) is 0 Å². The van der Waals surface area contributed by atoms with E-state index < -0.39 is 17.2 Å². The number of aryl methyl sites for hydroxylation is 1. The molecule has 8 heteroatoms. The Kier molecular flexibility index (Phi) is 4.90. The van der Waals surface area contributed by atoms with Crippen molar-refractivity contribution in [2.45, 2.75) is 12.8 Å². The molecule has 2 amide bonds. The highest BCUT2D eigenvalue weighted by molar-refractivity contribution is 6.08. The molecule has 164 valence electrons. The molecule has 0 saturated heterocycles. The highest BCUT2D eigenvalue weighted by Gasteiger charge is 2.25. The number of carbonyl (C=O) groups excluding carboxylic acids is 2. The predicted molar refractivity (Wildman–Crippen MR) is 125 cm³/mol. The second kappa shape index (κ2) is 7.90. The van der Waals surface area contributed by atoms with E-state index >= 15 is 0 Å². The molecule has 1 aromatic heterocycles. The van der Waals surface area contributed by atoms with Gasteiger partial charge >= 0.3 is 5.69 Å². The molecule has 3 aromatic carbocycles. The van der Waals surface area contributed by atoms with E-state index in [1.54, 1.807) is 29.2 Å². The van der Waals surface area contributed by atoms with Gasteiger partial charge in [-0.1, -0.05) is 30.3 Å². The molecule has 0 atom stereocenters. The number of H-pyrrole nitrogens is 1. The smallest absolute Gasteiger partial charge is 0.333 e. The molecule has 33 heavy (non-hydrogen) atoms. The zero-order chi connectivity index (χ0) is 23.1. The van der Waals surface area contributed by atoms with Crippen molar-refractivity contribution in [3.8, 4) is 5.69 Å². The number of anilines is 1. The van der Waals surface area contributed by atoms with Crippen molar-refractivity contribution in [1.29, 1.82) is 0 Å². The van der Waals surface area contributed by atoms with E-state index in [1.165, 1.54) is 18.2 Å². The standard InChI is InChI=1S/C25H20N4O4/c26-22(30)16-12-17(23(31)28-11-5-7-15-6-1-4-10-21(15)28)14-18(13-16)29-24(32)19-8-2-3-9-20(19)27-25(29)33/h1-4,6,8-10,12-14H,5,7,11H2,(H2,26,30)(H,27,33). The molecule has 3 N–H and O–H groups in total. The first-order valence-corrected chi connectivity index (χ1v) is 10.5.